The molecule has 0 saturated carbocycles. The van der Waals surface area contributed by atoms with Crippen molar-refractivity contribution >= 4 is 11.9 Å². The molecule has 1 rings (SSSR count). The van der Waals surface area contributed by atoms with Gasteiger partial charge in [-0.15, -0.1) is 0 Å². The van der Waals surface area contributed by atoms with E-state index in [-0.39, 0.29) is 5.92 Å². The van der Waals surface area contributed by atoms with Crippen LogP contribution in [0.3, 0.4) is 0 Å². The Morgan fingerprint density at radius 3 is 2.39 bits per heavy atom. The number of nitrogens with one attached hydrogen (secondary N) is 1. The van der Waals surface area contributed by atoms with E-state index in [0.717, 1.165) is 12.1 Å². The first kappa shape index (κ1) is 14.0. The van der Waals surface area contributed by atoms with Gasteiger partial charge in [-0.1, -0.05) is 19.9 Å². The van der Waals surface area contributed by atoms with E-state index in [2.05, 4.69) is 5.32 Å². The van der Waals surface area contributed by atoms with E-state index < -0.39 is 35.0 Å². The Labute approximate surface area is 103 Å². The van der Waals surface area contributed by atoms with Crippen LogP contribution in [-0.4, -0.2) is 28.1 Å². The van der Waals surface area contributed by atoms with Crippen molar-refractivity contribution in [1.29, 1.82) is 0 Å². The van der Waals surface area contributed by atoms with E-state index in [0.29, 0.717) is 0 Å². The molecule has 0 unspecified atom stereocenters. The smallest absolute Gasteiger partial charge is 0.326 e. The van der Waals surface area contributed by atoms with E-state index in [9.17, 15) is 19.1 Å². The highest BCUT2D eigenvalue weighted by atomic mass is 19.1. The van der Waals surface area contributed by atoms with Gasteiger partial charge in [0, 0.05) is 0 Å². The zero-order valence-corrected chi connectivity index (χ0v) is 9.98. The van der Waals surface area contributed by atoms with E-state index >= 15 is 0 Å². The van der Waals surface area contributed by atoms with Crippen LogP contribution < -0.4 is 5.32 Å². The molecule has 6 heteroatoms. The molecule has 0 heterocycles. The quantitative estimate of drug-likeness (QED) is 0.758. The minimum Gasteiger partial charge on any atom is -0.507 e. The lowest BCUT2D eigenvalue weighted by Crippen LogP contribution is -2.44. The van der Waals surface area contributed by atoms with Gasteiger partial charge >= 0.3 is 5.97 Å². The normalized spacial score (nSPS) is 12.2. The first-order chi connectivity index (χ1) is 8.34. The Bertz CT molecular complexity index is 453. The molecular weight excluding hydrogens is 241 g/mol. The second kappa shape index (κ2) is 5.48. The number of benzene rings is 1. The minimum absolute atomic E-state index is 0.361. The van der Waals surface area contributed by atoms with Crippen LogP contribution in [0.1, 0.15) is 24.2 Å². The molecule has 0 radical (unpaired) electrons. The number of hydrogen-bond acceptors (Lipinski definition) is 3. The second-order valence-electron chi connectivity index (χ2n) is 4.17. The highest BCUT2D eigenvalue weighted by molar-refractivity contribution is 5.99. The number of carboxylic acids is 1. The lowest BCUT2D eigenvalue weighted by atomic mass is 10.0. The van der Waals surface area contributed by atoms with Crippen molar-refractivity contribution in [2.75, 3.05) is 0 Å². The molecule has 0 bridgehead atoms. The highest BCUT2D eigenvalue weighted by Crippen LogP contribution is 2.20. The van der Waals surface area contributed by atoms with Gasteiger partial charge in [-0.3, -0.25) is 4.79 Å². The molecule has 1 atom stereocenters. The fraction of sp³-hybridized carbons (Fsp3) is 0.333. The second-order valence-corrected chi connectivity index (χ2v) is 4.17. The third-order valence-electron chi connectivity index (χ3n) is 2.44. The van der Waals surface area contributed by atoms with Crippen LogP contribution in [0.2, 0.25) is 0 Å². The molecule has 5 nitrogen and oxygen atoms in total. The molecule has 0 aliphatic heterocycles. The summed E-state index contributed by atoms with van der Waals surface area (Å²) in [5, 5.41) is 20.5. The van der Waals surface area contributed by atoms with Crippen molar-refractivity contribution in [3.8, 4) is 5.75 Å². The molecule has 0 aromatic heterocycles. The van der Waals surface area contributed by atoms with Gasteiger partial charge in [0.2, 0.25) is 0 Å². The zero-order chi connectivity index (χ0) is 13.9. The van der Waals surface area contributed by atoms with Crippen molar-refractivity contribution < 1.29 is 24.2 Å². The monoisotopic (exact) mass is 255 g/mol. The number of phenolic OH excluding ortho intramolecular Hbond substituents is 1. The minimum atomic E-state index is -1.21. The summed E-state index contributed by atoms with van der Waals surface area (Å²) >= 11 is 0. The number of rotatable bonds is 4. The summed E-state index contributed by atoms with van der Waals surface area (Å²) in [5.74, 6) is -3.96. The summed E-state index contributed by atoms with van der Waals surface area (Å²) in [6, 6.07) is 2.28. The number of aromatic hydroxyl groups is 1. The zero-order valence-electron chi connectivity index (χ0n) is 9.98. The first-order valence-corrected chi connectivity index (χ1v) is 5.35. The standard InChI is InChI=1S/C12H14FNO4/c1-6(2)10(12(17)18)14-11(16)9-7(13)4-3-5-8(9)15/h3-6,10,15H,1-2H3,(H,14,16)(H,17,18)/t10-/m0/s1. The molecule has 1 aromatic rings. The third-order valence-corrected chi connectivity index (χ3v) is 2.44. The molecule has 0 fully saturated rings. The van der Waals surface area contributed by atoms with Crippen molar-refractivity contribution in [1.82, 2.24) is 5.32 Å². The van der Waals surface area contributed by atoms with Crippen LogP contribution in [-0.2, 0) is 4.79 Å². The largest absolute Gasteiger partial charge is 0.507 e. The summed E-state index contributed by atoms with van der Waals surface area (Å²) in [6.07, 6.45) is 0. The van der Waals surface area contributed by atoms with Crippen LogP contribution in [0.5, 0.6) is 5.75 Å². The van der Waals surface area contributed by atoms with Crippen LogP contribution >= 0.6 is 0 Å². The van der Waals surface area contributed by atoms with Crippen molar-refractivity contribution in [3.05, 3.63) is 29.6 Å². The Kier molecular flexibility index (Phi) is 4.25. The van der Waals surface area contributed by atoms with Crippen LogP contribution in [0, 0.1) is 11.7 Å². The Morgan fingerprint density at radius 2 is 1.94 bits per heavy atom. The molecule has 3 N–H and O–H groups in total. The van der Waals surface area contributed by atoms with Gasteiger partial charge in [0.05, 0.1) is 0 Å². The number of aliphatic carboxylic acids is 1. The van der Waals surface area contributed by atoms with Gasteiger partial charge in [0.1, 0.15) is 23.2 Å². The number of carbonyl (C=O) groups is 2. The van der Waals surface area contributed by atoms with Gasteiger partial charge < -0.3 is 15.5 Å². The molecule has 0 saturated heterocycles. The van der Waals surface area contributed by atoms with Crippen LogP contribution in [0.15, 0.2) is 18.2 Å². The maximum absolute atomic E-state index is 13.4. The number of halogens is 1. The van der Waals surface area contributed by atoms with Crippen molar-refractivity contribution in [2.24, 2.45) is 5.92 Å². The molecule has 1 amide bonds. The molecular formula is C12H14FNO4. The number of carbonyl (C=O) groups excluding carboxylic acids is 1. The van der Waals surface area contributed by atoms with Crippen molar-refractivity contribution in [3.63, 3.8) is 0 Å². The van der Waals surface area contributed by atoms with E-state index in [1.165, 1.54) is 6.07 Å². The first-order valence-electron chi connectivity index (χ1n) is 5.35. The van der Waals surface area contributed by atoms with E-state index in [4.69, 9.17) is 5.11 Å². The Morgan fingerprint density at radius 1 is 1.33 bits per heavy atom. The average molecular weight is 255 g/mol. The fourth-order valence-corrected chi connectivity index (χ4v) is 1.46. The van der Waals surface area contributed by atoms with Gasteiger partial charge in [-0.25, -0.2) is 9.18 Å². The fourth-order valence-electron chi connectivity index (χ4n) is 1.46. The summed E-state index contributed by atoms with van der Waals surface area (Å²) < 4.78 is 13.4. The topological polar surface area (TPSA) is 86.6 Å². The van der Waals surface area contributed by atoms with Gasteiger partial charge in [0.15, 0.2) is 0 Å². The maximum Gasteiger partial charge on any atom is 0.326 e. The number of phenols is 1. The molecule has 0 aliphatic rings. The van der Waals surface area contributed by atoms with Crippen LogP contribution in [0.4, 0.5) is 4.39 Å². The molecule has 0 spiro atoms. The SMILES string of the molecule is CC(C)[C@H](NC(=O)c1c(O)cccc1F)C(=O)O. The predicted octanol–water partition coefficient (Wildman–Crippen LogP) is 1.37. The van der Waals surface area contributed by atoms with E-state index in [1.54, 1.807) is 13.8 Å². The molecule has 0 aliphatic carbocycles. The highest BCUT2D eigenvalue weighted by Gasteiger charge is 2.26. The number of amides is 1. The van der Waals surface area contributed by atoms with Gasteiger partial charge in [-0.05, 0) is 18.1 Å². The van der Waals surface area contributed by atoms with Crippen molar-refractivity contribution in [2.45, 2.75) is 19.9 Å². The molecule has 98 valence electrons. The van der Waals surface area contributed by atoms with Gasteiger partial charge in [0.25, 0.3) is 5.91 Å². The Balaban J connectivity index is 2.98. The predicted molar refractivity (Wildman–Crippen MR) is 61.8 cm³/mol. The molecule has 18 heavy (non-hydrogen) atoms. The summed E-state index contributed by atoms with van der Waals surface area (Å²) in [6.45, 7) is 3.22. The lowest BCUT2D eigenvalue weighted by molar-refractivity contribution is -0.140. The Hall–Kier alpha value is -2.11. The summed E-state index contributed by atoms with van der Waals surface area (Å²) in [7, 11) is 0. The lowest BCUT2D eigenvalue weighted by Gasteiger charge is -2.18. The van der Waals surface area contributed by atoms with Crippen LogP contribution in [0.25, 0.3) is 0 Å². The molecule has 1 aromatic carbocycles. The average Bonchev–Trinajstić information content (AvgIpc) is 2.24. The van der Waals surface area contributed by atoms with E-state index in [1.807, 2.05) is 0 Å². The summed E-state index contributed by atoms with van der Waals surface area (Å²) in [4.78, 5) is 22.6. The third kappa shape index (κ3) is 2.97. The van der Waals surface area contributed by atoms with Gasteiger partial charge in [-0.2, -0.15) is 0 Å². The number of carboxylic acid groups (broad SMARTS) is 1. The summed E-state index contributed by atoms with van der Waals surface area (Å²) in [5.41, 5.74) is -0.551. The number of hydrogen-bond donors (Lipinski definition) is 3. The maximum atomic E-state index is 13.4.